The maximum absolute atomic E-state index is 12.9. The molecule has 2 atom stereocenters. The van der Waals surface area contributed by atoms with Gasteiger partial charge in [0.05, 0.1) is 20.3 Å². The normalized spacial score (nSPS) is 16.6. The fourth-order valence-electron chi connectivity index (χ4n) is 5.34. The van der Waals surface area contributed by atoms with Crippen LogP contribution in [0.25, 0.3) is 11.1 Å². The van der Waals surface area contributed by atoms with Gasteiger partial charge in [0.2, 0.25) is 5.91 Å². The van der Waals surface area contributed by atoms with E-state index < -0.39 is 0 Å². The third-order valence-electron chi connectivity index (χ3n) is 7.63. The Morgan fingerprint density at radius 3 is 2.23 bits per heavy atom. The van der Waals surface area contributed by atoms with Crippen LogP contribution in [0.5, 0.6) is 11.5 Å². The van der Waals surface area contributed by atoms with Crippen LogP contribution in [0, 0.1) is 5.92 Å². The first-order chi connectivity index (χ1) is 19.6. The van der Waals surface area contributed by atoms with Crippen molar-refractivity contribution in [2.24, 2.45) is 5.92 Å². The number of carbonyl (C=O) groups is 1. The molecule has 40 heavy (non-hydrogen) atoms. The van der Waals surface area contributed by atoms with Crippen molar-refractivity contribution >= 4 is 5.91 Å². The Morgan fingerprint density at radius 1 is 0.800 bits per heavy atom. The molecule has 1 fully saturated rings. The van der Waals surface area contributed by atoms with Gasteiger partial charge in [-0.3, -0.25) is 4.79 Å². The standard InChI is InChI=1S/C35H37NO4/c1-26-22-36(35(37)25-39-24-28-9-5-3-6-10-28)23-32(26)31-17-18-33(38-2)34(21-31)40-20-19-27-13-15-30(16-14-27)29-11-7-4-8-12-29/h3-18,21,26,32H,19-20,22-25H2,1-2H3. The monoisotopic (exact) mass is 535 g/mol. The molecule has 0 radical (unpaired) electrons. The molecule has 0 N–H and O–H groups in total. The molecule has 5 rings (SSSR count). The van der Waals surface area contributed by atoms with E-state index in [1.165, 1.54) is 16.7 Å². The molecule has 0 aliphatic carbocycles. The number of methoxy groups -OCH3 is 1. The van der Waals surface area contributed by atoms with Crippen molar-refractivity contribution in [3.05, 3.63) is 120 Å². The maximum Gasteiger partial charge on any atom is 0.248 e. The molecule has 1 heterocycles. The Morgan fingerprint density at radius 2 is 1.50 bits per heavy atom. The van der Waals surface area contributed by atoms with Crippen molar-refractivity contribution < 1.29 is 19.0 Å². The van der Waals surface area contributed by atoms with Gasteiger partial charge in [0.15, 0.2) is 11.5 Å². The van der Waals surface area contributed by atoms with E-state index >= 15 is 0 Å². The van der Waals surface area contributed by atoms with Gasteiger partial charge in [-0.05, 0) is 45.9 Å². The number of nitrogens with zero attached hydrogens (tertiary/aromatic N) is 1. The number of rotatable bonds is 11. The number of amides is 1. The summed E-state index contributed by atoms with van der Waals surface area (Å²) in [5.41, 5.74) is 5.88. The lowest BCUT2D eigenvalue weighted by molar-refractivity contribution is -0.135. The van der Waals surface area contributed by atoms with Gasteiger partial charge in [0.1, 0.15) is 6.61 Å². The van der Waals surface area contributed by atoms with Gasteiger partial charge < -0.3 is 19.1 Å². The van der Waals surface area contributed by atoms with Gasteiger partial charge in [-0.2, -0.15) is 0 Å². The lowest BCUT2D eigenvalue weighted by Crippen LogP contribution is -2.32. The maximum atomic E-state index is 12.9. The summed E-state index contributed by atoms with van der Waals surface area (Å²) in [7, 11) is 1.66. The molecule has 1 amide bonds. The average molecular weight is 536 g/mol. The molecule has 1 aliphatic rings. The van der Waals surface area contributed by atoms with E-state index in [1.54, 1.807) is 7.11 Å². The molecule has 0 saturated carbocycles. The van der Waals surface area contributed by atoms with E-state index in [4.69, 9.17) is 14.2 Å². The van der Waals surface area contributed by atoms with Gasteiger partial charge in [0, 0.05) is 25.4 Å². The lowest BCUT2D eigenvalue weighted by Gasteiger charge is -2.18. The van der Waals surface area contributed by atoms with Crippen LogP contribution in [-0.2, 0) is 22.6 Å². The van der Waals surface area contributed by atoms with E-state index in [9.17, 15) is 4.79 Å². The minimum Gasteiger partial charge on any atom is -0.493 e. The van der Waals surface area contributed by atoms with Gasteiger partial charge in [0.25, 0.3) is 0 Å². The minimum absolute atomic E-state index is 0.0357. The zero-order valence-corrected chi connectivity index (χ0v) is 23.3. The van der Waals surface area contributed by atoms with E-state index in [1.807, 2.05) is 47.4 Å². The Kier molecular flexibility index (Phi) is 9.15. The van der Waals surface area contributed by atoms with Crippen LogP contribution in [0.15, 0.2) is 103 Å². The topological polar surface area (TPSA) is 48.0 Å². The Bertz CT molecular complexity index is 1370. The van der Waals surface area contributed by atoms with Crippen LogP contribution >= 0.6 is 0 Å². The van der Waals surface area contributed by atoms with Gasteiger partial charge in [-0.1, -0.05) is 97.9 Å². The van der Waals surface area contributed by atoms with Crippen LogP contribution < -0.4 is 9.47 Å². The zero-order valence-electron chi connectivity index (χ0n) is 23.3. The van der Waals surface area contributed by atoms with E-state index in [0.717, 1.165) is 35.6 Å². The number of carbonyl (C=O) groups excluding carboxylic acids is 1. The number of ether oxygens (including phenoxy) is 3. The smallest absolute Gasteiger partial charge is 0.248 e. The van der Waals surface area contributed by atoms with Gasteiger partial charge in [-0.25, -0.2) is 0 Å². The van der Waals surface area contributed by atoms with Gasteiger partial charge in [-0.15, -0.1) is 0 Å². The van der Waals surface area contributed by atoms with E-state index in [0.29, 0.717) is 25.7 Å². The summed E-state index contributed by atoms with van der Waals surface area (Å²) in [6.07, 6.45) is 0.799. The molecular formula is C35H37NO4. The summed E-state index contributed by atoms with van der Waals surface area (Å²) in [6, 6.07) is 35.1. The third kappa shape index (κ3) is 6.91. The molecule has 0 aromatic heterocycles. The SMILES string of the molecule is COc1ccc(C2CN(C(=O)COCc3ccccc3)CC2C)cc1OCCc1ccc(-c2ccccc2)cc1. The molecule has 4 aromatic rings. The highest BCUT2D eigenvalue weighted by Gasteiger charge is 2.33. The molecule has 4 aromatic carbocycles. The van der Waals surface area contributed by atoms with Crippen molar-refractivity contribution in [2.75, 3.05) is 33.4 Å². The highest BCUT2D eigenvalue weighted by atomic mass is 16.5. The molecule has 1 aliphatic heterocycles. The summed E-state index contributed by atoms with van der Waals surface area (Å²) in [5, 5.41) is 0. The first-order valence-electron chi connectivity index (χ1n) is 13.9. The lowest BCUT2D eigenvalue weighted by atomic mass is 9.90. The van der Waals surface area contributed by atoms with Crippen LogP contribution in [0.2, 0.25) is 0 Å². The number of benzene rings is 4. The fourth-order valence-corrected chi connectivity index (χ4v) is 5.34. The van der Waals surface area contributed by atoms with Crippen molar-refractivity contribution in [3.8, 4) is 22.6 Å². The number of likely N-dealkylation sites (tertiary alicyclic amines) is 1. The molecule has 1 saturated heterocycles. The third-order valence-corrected chi connectivity index (χ3v) is 7.63. The predicted molar refractivity (Wildman–Crippen MR) is 159 cm³/mol. The highest BCUT2D eigenvalue weighted by Crippen LogP contribution is 2.37. The fraction of sp³-hybridized carbons (Fsp3) is 0.286. The summed E-state index contributed by atoms with van der Waals surface area (Å²) >= 11 is 0. The first kappa shape index (κ1) is 27.5. The predicted octanol–water partition coefficient (Wildman–Crippen LogP) is 6.76. The zero-order chi connectivity index (χ0) is 27.7. The quantitative estimate of drug-likeness (QED) is 0.213. The second kappa shape index (κ2) is 13.3. The van der Waals surface area contributed by atoms with Gasteiger partial charge >= 0.3 is 0 Å². The second-order valence-corrected chi connectivity index (χ2v) is 10.4. The van der Waals surface area contributed by atoms with Crippen molar-refractivity contribution in [1.29, 1.82) is 0 Å². The molecular weight excluding hydrogens is 498 g/mol. The molecule has 2 unspecified atom stereocenters. The van der Waals surface area contributed by atoms with E-state index in [-0.39, 0.29) is 18.4 Å². The van der Waals surface area contributed by atoms with Crippen molar-refractivity contribution in [1.82, 2.24) is 4.90 Å². The summed E-state index contributed by atoms with van der Waals surface area (Å²) in [4.78, 5) is 14.8. The van der Waals surface area contributed by atoms with E-state index in [2.05, 4.69) is 67.6 Å². The average Bonchev–Trinajstić information content (AvgIpc) is 3.40. The molecule has 0 spiro atoms. The van der Waals surface area contributed by atoms with Crippen molar-refractivity contribution in [3.63, 3.8) is 0 Å². The highest BCUT2D eigenvalue weighted by molar-refractivity contribution is 5.78. The van der Waals surface area contributed by atoms with Crippen LogP contribution in [0.1, 0.15) is 29.5 Å². The Hall–Kier alpha value is -4.09. The van der Waals surface area contributed by atoms with Crippen LogP contribution in [0.4, 0.5) is 0 Å². The van der Waals surface area contributed by atoms with Crippen LogP contribution in [-0.4, -0.2) is 44.2 Å². The summed E-state index contributed by atoms with van der Waals surface area (Å²) in [6.45, 7) is 4.68. The summed E-state index contributed by atoms with van der Waals surface area (Å²) < 4.78 is 17.5. The minimum atomic E-state index is 0.0357. The largest absolute Gasteiger partial charge is 0.493 e. The van der Waals surface area contributed by atoms with Crippen LogP contribution in [0.3, 0.4) is 0 Å². The Labute approximate surface area is 237 Å². The number of hydrogen-bond acceptors (Lipinski definition) is 4. The molecule has 0 bridgehead atoms. The molecule has 5 heteroatoms. The Balaban J connectivity index is 1.16. The molecule has 206 valence electrons. The number of hydrogen-bond donors (Lipinski definition) is 0. The summed E-state index contributed by atoms with van der Waals surface area (Å²) in [5.74, 6) is 2.06. The second-order valence-electron chi connectivity index (χ2n) is 10.4. The molecule has 5 nitrogen and oxygen atoms in total. The van der Waals surface area contributed by atoms with Crippen molar-refractivity contribution in [2.45, 2.75) is 25.9 Å². The first-order valence-corrected chi connectivity index (χ1v) is 13.9.